The molecule has 1 fully saturated rings. The molecule has 3 rings (SSSR count). The van der Waals surface area contributed by atoms with Crippen molar-refractivity contribution in [1.82, 2.24) is 15.1 Å². The van der Waals surface area contributed by atoms with E-state index < -0.39 is 12.5 Å². The maximum atomic E-state index is 12.9. The summed E-state index contributed by atoms with van der Waals surface area (Å²) in [5, 5.41) is 8.93. The number of ether oxygens (including phenoxy) is 1. The second kappa shape index (κ2) is 7.60. The molecular formula is C17H20F2N4O2. The van der Waals surface area contributed by atoms with E-state index in [4.69, 9.17) is 4.74 Å². The van der Waals surface area contributed by atoms with E-state index >= 15 is 0 Å². The third-order valence-electron chi connectivity index (χ3n) is 4.20. The standard InChI is InChI=1S/C17H20F2N4O2/c1-23-15(16(18)19)14(9-20-23)22-17(24)21-12-7-13(8-12)25-10-11-5-3-2-4-6-11/h2-6,9,12-13,16H,7-8,10H2,1H3,(H2,21,22,24). The van der Waals surface area contributed by atoms with E-state index in [2.05, 4.69) is 15.7 Å². The first-order chi connectivity index (χ1) is 12.0. The third kappa shape index (κ3) is 4.33. The maximum Gasteiger partial charge on any atom is 0.319 e. The highest BCUT2D eigenvalue weighted by Crippen LogP contribution is 2.27. The number of hydrogen-bond acceptors (Lipinski definition) is 3. The fraction of sp³-hybridized carbons (Fsp3) is 0.412. The minimum Gasteiger partial charge on any atom is -0.373 e. The van der Waals surface area contributed by atoms with Crippen LogP contribution >= 0.6 is 0 Å². The lowest BCUT2D eigenvalue weighted by molar-refractivity contribution is -0.0237. The molecule has 25 heavy (non-hydrogen) atoms. The molecule has 1 saturated carbocycles. The normalized spacial score (nSPS) is 19.5. The third-order valence-corrected chi connectivity index (χ3v) is 4.20. The number of carbonyl (C=O) groups excluding carboxylic acids is 1. The molecule has 0 aliphatic heterocycles. The van der Waals surface area contributed by atoms with Crippen LogP contribution in [0.5, 0.6) is 0 Å². The zero-order valence-electron chi connectivity index (χ0n) is 13.8. The number of amides is 2. The summed E-state index contributed by atoms with van der Waals surface area (Å²) >= 11 is 0. The summed E-state index contributed by atoms with van der Waals surface area (Å²) in [5.74, 6) is 0. The maximum absolute atomic E-state index is 12.9. The Hall–Kier alpha value is -2.48. The van der Waals surface area contributed by atoms with Gasteiger partial charge in [-0.15, -0.1) is 0 Å². The van der Waals surface area contributed by atoms with Gasteiger partial charge in [0, 0.05) is 13.1 Å². The highest BCUT2D eigenvalue weighted by Gasteiger charge is 2.31. The van der Waals surface area contributed by atoms with E-state index in [1.807, 2.05) is 30.3 Å². The molecule has 0 bridgehead atoms. The Morgan fingerprint density at radius 3 is 2.76 bits per heavy atom. The van der Waals surface area contributed by atoms with Crippen LogP contribution in [0.1, 0.15) is 30.5 Å². The van der Waals surface area contributed by atoms with E-state index in [1.54, 1.807) is 0 Å². The second-order valence-electron chi connectivity index (χ2n) is 6.05. The minimum atomic E-state index is -2.71. The smallest absolute Gasteiger partial charge is 0.319 e. The van der Waals surface area contributed by atoms with Gasteiger partial charge in [0.1, 0.15) is 5.69 Å². The highest BCUT2D eigenvalue weighted by atomic mass is 19.3. The van der Waals surface area contributed by atoms with E-state index in [9.17, 15) is 13.6 Å². The van der Waals surface area contributed by atoms with Gasteiger partial charge in [-0.2, -0.15) is 5.10 Å². The lowest BCUT2D eigenvalue weighted by atomic mass is 9.89. The van der Waals surface area contributed by atoms with E-state index in [-0.39, 0.29) is 23.5 Å². The van der Waals surface area contributed by atoms with Gasteiger partial charge >= 0.3 is 6.03 Å². The van der Waals surface area contributed by atoms with Crippen LogP contribution in [0.3, 0.4) is 0 Å². The molecule has 8 heteroatoms. The van der Waals surface area contributed by atoms with Crippen molar-refractivity contribution in [3.8, 4) is 0 Å². The number of nitrogens with one attached hydrogen (secondary N) is 2. The van der Waals surface area contributed by atoms with Crippen molar-refractivity contribution < 1.29 is 18.3 Å². The number of alkyl halides is 2. The van der Waals surface area contributed by atoms with Gasteiger partial charge in [0.2, 0.25) is 0 Å². The molecule has 6 nitrogen and oxygen atoms in total. The number of nitrogens with zero attached hydrogens (tertiary/aromatic N) is 2. The number of rotatable bonds is 6. The van der Waals surface area contributed by atoms with Crippen LogP contribution in [0.15, 0.2) is 36.5 Å². The molecule has 0 radical (unpaired) electrons. The largest absolute Gasteiger partial charge is 0.373 e. The number of benzene rings is 1. The van der Waals surface area contributed by atoms with Gasteiger partial charge in [-0.1, -0.05) is 30.3 Å². The number of halogens is 2. The molecule has 2 N–H and O–H groups in total. The van der Waals surface area contributed by atoms with Crippen LogP contribution in [0, 0.1) is 0 Å². The summed E-state index contributed by atoms with van der Waals surface area (Å²) < 4.78 is 32.7. The Kier molecular flexibility index (Phi) is 5.28. The summed E-state index contributed by atoms with van der Waals surface area (Å²) in [6.45, 7) is 0.540. The van der Waals surface area contributed by atoms with Crippen molar-refractivity contribution in [3.05, 3.63) is 47.8 Å². The van der Waals surface area contributed by atoms with Crippen molar-refractivity contribution >= 4 is 11.7 Å². The Morgan fingerprint density at radius 1 is 1.36 bits per heavy atom. The zero-order chi connectivity index (χ0) is 17.8. The molecule has 1 aromatic carbocycles. The quantitative estimate of drug-likeness (QED) is 0.840. The molecule has 0 saturated heterocycles. The predicted molar refractivity (Wildman–Crippen MR) is 88.4 cm³/mol. The van der Waals surface area contributed by atoms with E-state index in [0.29, 0.717) is 19.4 Å². The van der Waals surface area contributed by atoms with Crippen molar-refractivity contribution in [1.29, 1.82) is 0 Å². The first kappa shape index (κ1) is 17.3. The van der Waals surface area contributed by atoms with Gasteiger partial charge in [0.25, 0.3) is 6.43 Å². The first-order valence-corrected chi connectivity index (χ1v) is 8.06. The molecule has 0 atom stereocenters. The highest BCUT2D eigenvalue weighted by molar-refractivity contribution is 5.90. The number of hydrogen-bond donors (Lipinski definition) is 2. The van der Waals surface area contributed by atoms with E-state index in [1.165, 1.54) is 13.2 Å². The molecule has 134 valence electrons. The Labute approximate surface area is 144 Å². The topological polar surface area (TPSA) is 68.2 Å². The summed E-state index contributed by atoms with van der Waals surface area (Å²) in [5.41, 5.74) is 0.812. The molecule has 2 amide bonds. The average molecular weight is 350 g/mol. The molecule has 0 spiro atoms. The summed E-state index contributed by atoms with van der Waals surface area (Å²) in [7, 11) is 1.41. The van der Waals surface area contributed by atoms with Gasteiger partial charge in [-0.3, -0.25) is 4.68 Å². The van der Waals surface area contributed by atoms with Crippen LogP contribution in [-0.4, -0.2) is 28.0 Å². The van der Waals surface area contributed by atoms with Crippen LogP contribution in [0.4, 0.5) is 19.3 Å². The van der Waals surface area contributed by atoms with E-state index in [0.717, 1.165) is 10.2 Å². The van der Waals surface area contributed by atoms with Crippen LogP contribution in [0.25, 0.3) is 0 Å². The van der Waals surface area contributed by atoms with Gasteiger partial charge in [-0.25, -0.2) is 13.6 Å². The number of anilines is 1. The molecular weight excluding hydrogens is 330 g/mol. The number of aryl methyl sites for hydroxylation is 1. The minimum absolute atomic E-state index is 0.0196. The lowest BCUT2D eigenvalue weighted by Crippen LogP contribution is -2.49. The zero-order valence-corrected chi connectivity index (χ0v) is 13.8. The van der Waals surface area contributed by atoms with Crippen molar-refractivity contribution in [3.63, 3.8) is 0 Å². The predicted octanol–water partition coefficient (Wildman–Crippen LogP) is 3.23. The number of carbonyl (C=O) groups is 1. The fourth-order valence-electron chi connectivity index (χ4n) is 2.75. The fourth-order valence-corrected chi connectivity index (χ4v) is 2.75. The van der Waals surface area contributed by atoms with Gasteiger partial charge in [0.05, 0.1) is 24.6 Å². The monoisotopic (exact) mass is 350 g/mol. The number of aromatic nitrogens is 2. The second-order valence-corrected chi connectivity index (χ2v) is 6.05. The van der Waals surface area contributed by atoms with Crippen LogP contribution in [-0.2, 0) is 18.4 Å². The summed E-state index contributed by atoms with van der Waals surface area (Å²) in [6, 6.07) is 9.33. The summed E-state index contributed by atoms with van der Waals surface area (Å²) in [4.78, 5) is 11.9. The van der Waals surface area contributed by atoms with Gasteiger partial charge in [0.15, 0.2) is 0 Å². The Bertz CT molecular complexity index is 715. The molecule has 0 unspecified atom stereocenters. The van der Waals surface area contributed by atoms with Crippen molar-refractivity contribution in [2.24, 2.45) is 7.05 Å². The van der Waals surface area contributed by atoms with Gasteiger partial charge < -0.3 is 15.4 Å². The average Bonchev–Trinajstić information content (AvgIpc) is 2.91. The Balaban J connectivity index is 1.40. The SMILES string of the molecule is Cn1ncc(NC(=O)NC2CC(OCc3ccccc3)C2)c1C(F)F. The van der Waals surface area contributed by atoms with Crippen LogP contribution in [0.2, 0.25) is 0 Å². The Morgan fingerprint density at radius 2 is 2.08 bits per heavy atom. The summed E-state index contributed by atoms with van der Waals surface area (Å²) in [6.07, 6.45) is 0.0141. The van der Waals surface area contributed by atoms with Crippen LogP contribution < -0.4 is 10.6 Å². The first-order valence-electron chi connectivity index (χ1n) is 8.06. The van der Waals surface area contributed by atoms with Crippen molar-refractivity contribution in [2.75, 3.05) is 5.32 Å². The molecule has 2 aromatic rings. The molecule has 1 aromatic heterocycles. The molecule has 1 heterocycles. The molecule has 1 aliphatic rings. The molecule has 1 aliphatic carbocycles. The number of urea groups is 1. The lowest BCUT2D eigenvalue weighted by Gasteiger charge is -2.35. The van der Waals surface area contributed by atoms with Crippen molar-refractivity contribution in [2.45, 2.75) is 38.0 Å². The van der Waals surface area contributed by atoms with Gasteiger partial charge in [-0.05, 0) is 18.4 Å².